The zero-order chi connectivity index (χ0) is 14.9. The van der Waals surface area contributed by atoms with Crippen LogP contribution in [0.4, 0.5) is 11.4 Å². The zero-order valence-corrected chi connectivity index (χ0v) is 12.7. The lowest BCUT2D eigenvalue weighted by molar-refractivity contribution is -0.386. The number of pyridine rings is 1. The van der Waals surface area contributed by atoms with Gasteiger partial charge in [0, 0.05) is 0 Å². The number of halogens is 1. The summed E-state index contributed by atoms with van der Waals surface area (Å²) >= 11 is 3.37. The van der Waals surface area contributed by atoms with E-state index in [4.69, 9.17) is 5.73 Å². The Hall–Kier alpha value is -1.96. The molecule has 0 radical (unpaired) electrons. The maximum Gasteiger partial charge on any atom is 0.313 e. The minimum absolute atomic E-state index is 0.0699. The Kier molecular flexibility index (Phi) is 4.03. The van der Waals surface area contributed by atoms with Crippen molar-refractivity contribution < 1.29 is 4.92 Å². The lowest BCUT2D eigenvalue weighted by Gasteiger charge is -2.06. The number of aryl methyl sites for hydroxylation is 1. The highest BCUT2D eigenvalue weighted by Crippen LogP contribution is 2.29. The van der Waals surface area contributed by atoms with E-state index >= 15 is 0 Å². The highest BCUT2D eigenvalue weighted by Gasteiger charge is 2.27. The van der Waals surface area contributed by atoms with Crippen molar-refractivity contribution in [2.75, 3.05) is 5.73 Å². The fraction of sp³-hybridized carbons (Fsp3) is 0.333. The molecule has 7 nitrogen and oxygen atoms in total. The van der Waals surface area contributed by atoms with E-state index in [-0.39, 0.29) is 10.6 Å². The summed E-state index contributed by atoms with van der Waals surface area (Å²) in [7, 11) is 0. The molecule has 0 spiro atoms. The Morgan fingerprint density at radius 1 is 1.45 bits per heavy atom. The fourth-order valence-electron chi connectivity index (χ4n) is 2.04. The summed E-state index contributed by atoms with van der Waals surface area (Å²) < 4.78 is 2.16. The van der Waals surface area contributed by atoms with Crippen molar-refractivity contribution in [3.05, 3.63) is 38.2 Å². The number of nitrogen functional groups attached to an aromatic ring is 1. The van der Waals surface area contributed by atoms with Crippen LogP contribution in [0.5, 0.6) is 0 Å². The van der Waals surface area contributed by atoms with Crippen LogP contribution in [-0.4, -0.2) is 19.7 Å². The monoisotopic (exact) mass is 339 g/mol. The largest absolute Gasteiger partial charge is 0.397 e. The molecule has 2 N–H and O–H groups in total. The number of nitrogens with zero attached hydrogens (tertiary/aromatic N) is 4. The lowest BCUT2D eigenvalue weighted by atomic mass is 10.2. The molecule has 0 saturated carbocycles. The van der Waals surface area contributed by atoms with Crippen molar-refractivity contribution in [2.45, 2.75) is 26.7 Å². The van der Waals surface area contributed by atoms with E-state index in [1.165, 1.54) is 10.9 Å². The molecule has 0 amide bonds. The molecular formula is C12H14BrN5O2. The molecule has 0 atom stereocenters. The Labute approximate surface area is 124 Å². The molecule has 2 aromatic heterocycles. The third kappa shape index (κ3) is 2.38. The van der Waals surface area contributed by atoms with Gasteiger partial charge < -0.3 is 5.73 Å². The molecule has 0 aliphatic heterocycles. The molecule has 0 unspecified atom stereocenters. The molecule has 0 aromatic carbocycles. The topological polar surface area (TPSA) is 99.9 Å². The summed E-state index contributed by atoms with van der Waals surface area (Å²) in [5, 5.41) is 15.6. The molecule has 2 aromatic rings. The summed E-state index contributed by atoms with van der Waals surface area (Å²) in [6, 6.07) is 1.70. The van der Waals surface area contributed by atoms with Gasteiger partial charge >= 0.3 is 5.69 Å². The number of aromatic nitrogens is 3. The van der Waals surface area contributed by atoms with Crippen LogP contribution in [0, 0.1) is 10.1 Å². The highest BCUT2D eigenvalue weighted by atomic mass is 79.9. The van der Waals surface area contributed by atoms with Crippen LogP contribution >= 0.6 is 15.9 Å². The predicted molar refractivity (Wildman–Crippen MR) is 78.9 cm³/mol. The standard InChI is InChI=1S/C12H14BrN5O2/c1-3-9-11(18(19)20)10(4-2)17(16-9)12-8(13)5-7(14)6-15-12/h5-6H,3-4,14H2,1-2H3. The molecule has 0 bridgehead atoms. The zero-order valence-electron chi connectivity index (χ0n) is 11.1. The van der Waals surface area contributed by atoms with Gasteiger partial charge in [-0.05, 0) is 34.8 Å². The Balaban J connectivity index is 2.71. The fourth-order valence-corrected chi connectivity index (χ4v) is 2.57. The van der Waals surface area contributed by atoms with Gasteiger partial charge in [-0.15, -0.1) is 0 Å². The lowest BCUT2D eigenvalue weighted by Crippen LogP contribution is -2.06. The van der Waals surface area contributed by atoms with E-state index in [2.05, 4.69) is 26.0 Å². The van der Waals surface area contributed by atoms with Crippen molar-refractivity contribution in [3.8, 4) is 5.82 Å². The molecule has 0 fully saturated rings. The number of nitro groups is 1. The van der Waals surface area contributed by atoms with E-state index in [1.807, 2.05) is 13.8 Å². The number of hydrogen-bond acceptors (Lipinski definition) is 5. The maximum absolute atomic E-state index is 11.2. The van der Waals surface area contributed by atoms with Crippen molar-refractivity contribution in [3.63, 3.8) is 0 Å². The second-order valence-corrected chi connectivity index (χ2v) is 5.05. The van der Waals surface area contributed by atoms with Gasteiger partial charge in [0.25, 0.3) is 0 Å². The van der Waals surface area contributed by atoms with E-state index in [9.17, 15) is 10.1 Å². The van der Waals surface area contributed by atoms with Gasteiger partial charge in [-0.25, -0.2) is 9.67 Å². The van der Waals surface area contributed by atoms with Gasteiger partial charge in [0.1, 0.15) is 11.4 Å². The highest BCUT2D eigenvalue weighted by molar-refractivity contribution is 9.10. The van der Waals surface area contributed by atoms with Gasteiger partial charge in [-0.1, -0.05) is 13.8 Å². The molecule has 2 heterocycles. The summed E-state index contributed by atoms with van der Waals surface area (Å²) in [6.07, 6.45) is 2.48. The van der Waals surface area contributed by atoms with Crippen LogP contribution in [0.2, 0.25) is 0 Å². The van der Waals surface area contributed by atoms with Crippen LogP contribution in [0.1, 0.15) is 25.2 Å². The van der Waals surface area contributed by atoms with Crippen LogP contribution in [-0.2, 0) is 12.8 Å². The average Bonchev–Trinajstić information content (AvgIpc) is 2.77. The number of nitrogens with two attached hydrogens (primary N) is 1. The first-order valence-corrected chi connectivity index (χ1v) is 6.95. The van der Waals surface area contributed by atoms with Gasteiger partial charge in [0.2, 0.25) is 0 Å². The summed E-state index contributed by atoms with van der Waals surface area (Å²) in [6.45, 7) is 3.69. The van der Waals surface area contributed by atoms with Crippen molar-refractivity contribution >= 4 is 27.3 Å². The molecular weight excluding hydrogens is 326 g/mol. The first-order valence-electron chi connectivity index (χ1n) is 6.16. The van der Waals surface area contributed by atoms with E-state index < -0.39 is 0 Å². The smallest absolute Gasteiger partial charge is 0.313 e. The number of hydrogen-bond donors (Lipinski definition) is 1. The van der Waals surface area contributed by atoms with Gasteiger partial charge in [-0.2, -0.15) is 5.10 Å². The van der Waals surface area contributed by atoms with E-state index in [0.29, 0.717) is 40.2 Å². The SMILES string of the molecule is CCc1nn(-c2ncc(N)cc2Br)c(CC)c1[N+](=O)[O-]. The molecule has 2 rings (SSSR count). The quantitative estimate of drug-likeness (QED) is 0.681. The molecule has 8 heteroatoms. The van der Waals surface area contributed by atoms with Crippen molar-refractivity contribution in [1.29, 1.82) is 0 Å². The number of rotatable bonds is 4. The first-order chi connectivity index (χ1) is 9.49. The third-order valence-electron chi connectivity index (χ3n) is 2.92. The third-order valence-corrected chi connectivity index (χ3v) is 3.50. The van der Waals surface area contributed by atoms with E-state index in [1.54, 1.807) is 6.07 Å². The summed E-state index contributed by atoms with van der Waals surface area (Å²) in [5.41, 5.74) is 7.22. The van der Waals surface area contributed by atoms with E-state index in [0.717, 1.165) is 0 Å². The molecule has 0 aliphatic rings. The number of anilines is 1. The van der Waals surface area contributed by atoms with Crippen molar-refractivity contribution in [2.24, 2.45) is 0 Å². The average molecular weight is 340 g/mol. The van der Waals surface area contributed by atoms with Crippen LogP contribution in [0.15, 0.2) is 16.7 Å². The second-order valence-electron chi connectivity index (χ2n) is 4.19. The summed E-state index contributed by atoms with van der Waals surface area (Å²) in [5.74, 6) is 0.499. The van der Waals surface area contributed by atoms with Crippen LogP contribution < -0.4 is 5.73 Å². The minimum Gasteiger partial charge on any atom is -0.397 e. The van der Waals surface area contributed by atoms with Crippen LogP contribution in [0.3, 0.4) is 0 Å². The Morgan fingerprint density at radius 3 is 2.65 bits per heavy atom. The summed E-state index contributed by atoms with van der Waals surface area (Å²) in [4.78, 5) is 15.1. The minimum atomic E-state index is -0.383. The predicted octanol–water partition coefficient (Wildman–Crippen LogP) is 2.65. The Bertz CT molecular complexity index is 668. The first kappa shape index (κ1) is 14.4. The molecule has 0 saturated heterocycles. The van der Waals surface area contributed by atoms with Crippen molar-refractivity contribution in [1.82, 2.24) is 14.8 Å². The molecule has 0 aliphatic carbocycles. The normalized spacial score (nSPS) is 10.8. The van der Waals surface area contributed by atoms with Gasteiger partial charge in [0.05, 0.1) is 21.3 Å². The van der Waals surface area contributed by atoms with Crippen LogP contribution in [0.25, 0.3) is 5.82 Å². The van der Waals surface area contributed by atoms with Gasteiger partial charge in [0.15, 0.2) is 5.82 Å². The van der Waals surface area contributed by atoms with Gasteiger partial charge in [-0.3, -0.25) is 10.1 Å². The second kappa shape index (κ2) is 5.58. The molecule has 106 valence electrons. The molecule has 20 heavy (non-hydrogen) atoms. The maximum atomic E-state index is 11.2. The Morgan fingerprint density at radius 2 is 2.15 bits per heavy atom.